The molecule has 78 valence electrons. The third-order valence-electron chi connectivity index (χ3n) is 2.53. The van der Waals surface area contributed by atoms with Gasteiger partial charge < -0.3 is 14.6 Å². The van der Waals surface area contributed by atoms with Crippen molar-refractivity contribution in [2.24, 2.45) is 0 Å². The smallest absolute Gasteiger partial charge is 0.232 e. The van der Waals surface area contributed by atoms with Gasteiger partial charge in [0.25, 0.3) is 0 Å². The highest BCUT2D eigenvalue weighted by Crippen LogP contribution is 2.22. The first kappa shape index (κ1) is 9.61. The summed E-state index contributed by atoms with van der Waals surface area (Å²) in [6.07, 6.45) is 0.818. The van der Waals surface area contributed by atoms with Crippen molar-refractivity contribution < 1.29 is 9.26 Å². The van der Waals surface area contributed by atoms with Gasteiger partial charge in [-0.2, -0.15) is 4.98 Å². The zero-order chi connectivity index (χ0) is 9.97. The van der Waals surface area contributed by atoms with Crippen LogP contribution in [0.1, 0.15) is 37.1 Å². The molecular formula is C9H15N3O2. The lowest BCUT2D eigenvalue weighted by atomic mass is 10.0. The molecule has 5 heteroatoms. The largest absolute Gasteiger partial charge is 0.373 e. The van der Waals surface area contributed by atoms with E-state index in [0.717, 1.165) is 25.4 Å². The second-order valence-corrected chi connectivity index (χ2v) is 3.48. The topological polar surface area (TPSA) is 60.2 Å². The van der Waals surface area contributed by atoms with Crippen LogP contribution in [0.3, 0.4) is 0 Å². The van der Waals surface area contributed by atoms with Gasteiger partial charge in [-0.1, -0.05) is 12.1 Å². The van der Waals surface area contributed by atoms with E-state index in [9.17, 15) is 0 Å². The molecule has 1 aliphatic rings. The van der Waals surface area contributed by atoms with E-state index in [2.05, 4.69) is 15.5 Å². The van der Waals surface area contributed by atoms with E-state index < -0.39 is 0 Å². The van der Waals surface area contributed by atoms with Gasteiger partial charge in [-0.25, -0.2) is 0 Å². The number of rotatable bonds is 4. The van der Waals surface area contributed by atoms with Crippen molar-refractivity contribution in [1.29, 1.82) is 0 Å². The van der Waals surface area contributed by atoms with E-state index in [1.165, 1.54) is 0 Å². The molecule has 1 N–H and O–H groups in total. The molecule has 1 aromatic heterocycles. The molecule has 0 radical (unpaired) electrons. The number of ether oxygens (including phenoxy) is 1. The van der Waals surface area contributed by atoms with Crippen molar-refractivity contribution >= 4 is 0 Å². The molecule has 5 nitrogen and oxygen atoms in total. The molecule has 1 unspecified atom stereocenters. The maximum atomic E-state index is 5.23. The average molecular weight is 197 g/mol. The molecule has 2 heterocycles. The summed E-state index contributed by atoms with van der Waals surface area (Å²) in [4.78, 5) is 4.33. The molecule has 2 rings (SSSR count). The van der Waals surface area contributed by atoms with Crippen molar-refractivity contribution in [2.75, 3.05) is 20.2 Å². The summed E-state index contributed by atoms with van der Waals surface area (Å²) in [5.74, 6) is 1.79. The first-order valence-electron chi connectivity index (χ1n) is 4.92. The molecule has 0 saturated carbocycles. The molecule has 0 bridgehead atoms. The Morgan fingerprint density at radius 2 is 2.43 bits per heavy atom. The zero-order valence-electron chi connectivity index (χ0n) is 8.49. The summed E-state index contributed by atoms with van der Waals surface area (Å²) in [7, 11) is 1.66. The van der Waals surface area contributed by atoms with Crippen LogP contribution in [0, 0.1) is 0 Å². The fourth-order valence-corrected chi connectivity index (χ4v) is 1.46. The maximum Gasteiger partial charge on any atom is 0.232 e. The third-order valence-corrected chi connectivity index (χ3v) is 2.53. The lowest BCUT2D eigenvalue weighted by Crippen LogP contribution is -2.40. The first-order chi connectivity index (χ1) is 6.85. The molecule has 1 aromatic rings. The van der Waals surface area contributed by atoms with E-state index in [4.69, 9.17) is 9.26 Å². The van der Waals surface area contributed by atoms with Gasteiger partial charge in [0.05, 0.1) is 5.92 Å². The van der Waals surface area contributed by atoms with Crippen LogP contribution >= 0.6 is 0 Å². The normalized spacial score (nSPS) is 19.3. The average Bonchev–Trinajstić information content (AvgIpc) is 2.53. The molecule has 1 atom stereocenters. The van der Waals surface area contributed by atoms with E-state index in [1.54, 1.807) is 7.11 Å². The minimum Gasteiger partial charge on any atom is -0.373 e. The minimum absolute atomic E-state index is 0.0412. The van der Waals surface area contributed by atoms with Gasteiger partial charge in [-0.15, -0.1) is 0 Å². The molecule has 0 spiro atoms. The molecule has 0 aromatic carbocycles. The molecule has 0 amide bonds. The van der Waals surface area contributed by atoms with Gasteiger partial charge >= 0.3 is 0 Å². The monoisotopic (exact) mass is 197 g/mol. The summed E-state index contributed by atoms with van der Waals surface area (Å²) >= 11 is 0. The first-order valence-corrected chi connectivity index (χ1v) is 4.92. The standard InChI is InChI=1S/C9H15N3O2/c1-3-7(13-2)8-11-9(14-12-8)6-4-10-5-6/h6-7,10H,3-5H2,1-2H3. The Labute approximate surface area is 82.8 Å². The Balaban J connectivity index is 2.07. The maximum absolute atomic E-state index is 5.23. The summed E-state index contributed by atoms with van der Waals surface area (Å²) in [6.45, 7) is 3.91. The Morgan fingerprint density at radius 1 is 1.64 bits per heavy atom. The number of hydrogen-bond donors (Lipinski definition) is 1. The van der Waals surface area contributed by atoms with E-state index in [0.29, 0.717) is 11.7 Å². The van der Waals surface area contributed by atoms with Crippen LogP contribution in [0.2, 0.25) is 0 Å². The van der Waals surface area contributed by atoms with Gasteiger partial charge in [-0.3, -0.25) is 0 Å². The van der Waals surface area contributed by atoms with Crippen LogP contribution in [0.15, 0.2) is 4.52 Å². The number of aromatic nitrogens is 2. The van der Waals surface area contributed by atoms with Gasteiger partial charge in [-0.05, 0) is 6.42 Å². The van der Waals surface area contributed by atoms with Crippen LogP contribution < -0.4 is 5.32 Å². The minimum atomic E-state index is -0.0412. The third kappa shape index (κ3) is 1.65. The van der Waals surface area contributed by atoms with Gasteiger partial charge in [0, 0.05) is 20.2 Å². The molecule has 1 saturated heterocycles. The van der Waals surface area contributed by atoms with Crippen molar-refractivity contribution in [3.63, 3.8) is 0 Å². The number of nitrogens with zero attached hydrogens (tertiary/aromatic N) is 2. The van der Waals surface area contributed by atoms with Gasteiger partial charge in [0.1, 0.15) is 6.10 Å². The zero-order valence-corrected chi connectivity index (χ0v) is 8.49. The van der Waals surface area contributed by atoms with Crippen molar-refractivity contribution in [3.8, 4) is 0 Å². The summed E-state index contributed by atoms with van der Waals surface area (Å²) in [5, 5.41) is 7.09. The lowest BCUT2D eigenvalue weighted by molar-refractivity contribution is 0.0903. The second-order valence-electron chi connectivity index (χ2n) is 3.48. The molecular weight excluding hydrogens is 182 g/mol. The van der Waals surface area contributed by atoms with Gasteiger partial charge in [0.15, 0.2) is 0 Å². The highest BCUT2D eigenvalue weighted by atomic mass is 16.5. The van der Waals surface area contributed by atoms with Crippen LogP contribution in [0.25, 0.3) is 0 Å². The fourth-order valence-electron chi connectivity index (χ4n) is 1.46. The number of hydrogen-bond acceptors (Lipinski definition) is 5. The van der Waals surface area contributed by atoms with E-state index in [-0.39, 0.29) is 6.10 Å². The fraction of sp³-hybridized carbons (Fsp3) is 0.778. The van der Waals surface area contributed by atoms with Crippen LogP contribution in [-0.2, 0) is 4.74 Å². The molecule has 0 aliphatic carbocycles. The Morgan fingerprint density at radius 3 is 2.93 bits per heavy atom. The quantitative estimate of drug-likeness (QED) is 0.775. The number of methoxy groups -OCH3 is 1. The van der Waals surface area contributed by atoms with Crippen molar-refractivity contribution in [1.82, 2.24) is 15.5 Å². The van der Waals surface area contributed by atoms with Crippen molar-refractivity contribution in [3.05, 3.63) is 11.7 Å². The molecule has 1 aliphatic heterocycles. The van der Waals surface area contributed by atoms with E-state index >= 15 is 0 Å². The summed E-state index contributed by atoms with van der Waals surface area (Å²) in [6, 6.07) is 0. The lowest BCUT2D eigenvalue weighted by Gasteiger charge is -2.22. The highest BCUT2D eigenvalue weighted by Gasteiger charge is 2.26. The number of nitrogens with one attached hydrogen (secondary N) is 1. The van der Waals surface area contributed by atoms with Crippen LogP contribution in [-0.4, -0.2) is 30.3 Å². The highest BCUT2D eigenvalue weighted by molar-refractivity contribution is 5.02. The Kier molecular flexibility index (Phi) is 2.79. The van der Waals surface area contributed by atoms with Crippen molar-refractivity contribution in [2.45, 2.75) is 25.4 Å². The summed E-state index contributed by atoms with van der Waals surface area (Å²) in [5.41, 5.74) is 0. The predicted octanol–water partition coefficient (Wildman–Crippen LogP) is 0.854. The van der Waals surface area contributed by atoms with E-state index in [1.807, 2.05) is 6.92 Å². The van der Waals surface area contributed by atoms with Crippen LogP contribution in [0.5, 0.6) is 0 Å². The Bertz CT molecular complexity index is 292. The molecule has 14 heavy (non-hydrogen) atoms. The predicted molar refractivity (Wildman–Crippen MR) is 49.9 cm³/mol. The van der Waals surface area contributed by atoms with Crippen LogP contribution in [0.4, 0.5) is 0 Å². The Hall–Kier alpha value is -0.940. The summed E-state index contributed by atoms with van der Waals surface area (Å²) < 4.78 is 10.4. The van der Waals surface area contributed by atoms with Gasteiger partial charge in [0.2, 0.25) is 11.7 Å². The molecule has 1 fully saturated rings. The second kappa shape index (κ2) is 4.06. The SMILES string of the molecule is CCC(OC)c1noc(C2CNC2)n1.